The van der Waals surface area contributed by atoms with E-state index in [1.165, 1.54) is 0 Å². The molecule has 0 unspecified atom stereocenters. The maximum absolute atomic E-state index is 11.2. The molecular weight excluding hydrogens is 261 g/mol. The molecule has 0 aromatic heterocycles. The molecule has 8 heavy (non-hydrogen) atoms. The Kier molecular flexibility index (Phi) is 6.30. The van der Waals surface area contributed by atoms with Gasteiger partial charge in [0.1, 0.15) is 0 Å². The minimum atomic E-state index is -3.61. The van der Waals surface area contributed by atoms with Crippen molar-refractivity contribution in [1.29, 1.82) is 0 Å². The van der Waals surface area contributed by atoms with Crippen LogP contribution in [0.2, 0.25) is 0 Å². The van der Waals surface area contributed by atoms with E-state index in [0.717, 1.165) is 0 Å². The van der Waals surface area contributed by atoms with Gasteiger partial charge in [-0.05, 0) is 0 Å². The predicted octanol–water partition coefficient (Wildman–Crippen LogP) is 0.183. The molecule has 0 aromatic rings. The van der Waals surface area contributed by atoms with Crippen molar-refractivity contribution in [1.82, 2.24) is 0 Å². The molecule has 0 aliphatic heterocycles. The average molecular weight is 264 g/mol. The van der Waals surface area contributed by atoms with Crippen molar-refractivity contribution >= 4 is 66.3 Å². The maximum atomic E-state index is 11.2. The van der Waals surface area contributed by atoms with Crippen LogP contribution in [0.4, 0.5) is 8.78 Å². The topological polar surface area (TPSA) is 37.3 Å². The number of aliphatic carboxylic acids is 1. The molecule has 0 saturated heterocycles. The second-order valence-electron chi connectivity index (χ2n) is 0.803. The number of alkyl halides is 3. The van der Waals surface area contributed by atoms with Crippen LogP contribution in [-0.2, 0) is 4.79 Å². The quantitative estimate of drug-likeness (QED) is 0.417. The molecule has 0 amide bonds. The Morgan fingerprint density at radius 1 is 1.62 bits per heavy atom. The Bertz CT molecular complexity index is 90.5. The first kappa shape index (κ1) is 12.0. The van der Waals surface area contributed by atoms with Crippen LogP contribution in [-0.4, -0.2) is 52.7 Å². The van der Waals surface area contributed by atoms with Crippen LogP contribution in [0.15, 0.2) is 0 Å². The van der Waals surface area contributed by atoms with Crippen molar-refractivity contribution < 1.29 is 18.7 Å². The molecule has 0 atom stereocenters. The summed E-state index contributed by atoms with van der Waals surface area (Å²) in [6.45, 7) is 0. The van der Waals surface area contributed by atoms with Crippen LogP contribution < -0.4 is 0 Å². The van der Waals surface area contributed by atoms with E-state index in [1.807, 2.05) is 0 Å². The molecule has 1 N–H and O–H groups in total. The van der Waals surface area contributed by atoms with Gasteiger partial charge in [0.05, 0.1) is 0 Å². The molecule has 0 fully saturated rings. The number of carbonyl (C=O) groups is 1. The summed E-state index contributed by atoms with van der Waals surface area (Å²) in [6, 6.07) is 0. The number of carboxylic acid groups (broad SMARTS) is 1. The molecule has 0 radical (unpaired) electrons. The summed E-state index contributed by atoms with van der Waals surface area (Å²) < 4.78 is 18.9. The molecule has 2 nitrogen and oxygen atoms in total. The van der Waals surface area contributed by atoms with E-state index in [9.17, 15) is 13.6 Å². The van der Waals surface area contributed by atoms with Gasteiger partial charge >= 0.3 is 47.6 Å². The Morgan fingerprint density at radius 3 is 1.75 bits per heavy atom. The van der Waals surface area contributed by atoms with E-state index >= 15 is 0 Å². The summed E-state index contributed by atoms with van der Waals surface area (Å²) in [5.41, 5.74) is 0. The molecule has 0 aliphatic carbocycles. The van der Waals surface area contributed by atoms with Crippen LogP contribution in [0.25, 0.3) is 0 Å². The summed E-state index contributed by atoms with van der Waals surface area (Å²) in [5.74, 6) is -2.10. The van der Waals surface area contributed by atoms with Gasteiger partial charge in [0, 0.05) is 22.6 Å². The van der Waals surface area contributed by atoms with Gasteiger partial charge in [-0.3, -0.25) is 0 Å². The second-order valence-corrected chi connectivity index (χ2v) is 2.16. The van der Waals surface area contributed by atoms with Crippen LogP contribution in [0, 0.1) is 0 Å². The summed E-state index contributed by atoms with van der Waals surface area (Å²) in [4.78, 5) is 9.26. The fraction of sp³-hybridized carbons (Fsp3) is 0.500. The molecule has 0 aliphatic rings. The number of carboxylic acids is 1. The van der Waals surface area contributed by atoms with Crippen molar-refractivity contribution in [3.8, 4) is 0 Å². The monoisotopic (exact) mass is 264 g/mol. The van der Waals surface area contributed by atoms with Gasteiger partial charge in [-0.2, -0.15) is 8.78 Å². The van der Waals surface area contributed by atoms with Crippen molar-refractivity contribution in [3.05, 3.63) is 0 Å². The molecule has 0 saturated carbocycles. The molecule has 0 spiro atoms. The van der Waals surface area contributed by atoms with Crippen molar-refractivity contribution in [3.63, 3.8) is 0 Å². The van der Waals surface area contributed by atoms with E-state index < -0.39 is 9.90 Å². The zero-order valence-corrected chi connectivity index (χ0v) is 5.15. The third-order valence-corrected chi connectivity index (χ3v) is 0.704. The van der Waals surface area contributed by atoms with Crippen molar-refractivity contribution in [2.24, 2.45) is 0 Å². The standard InChI is InChI=1S/C2HF2IO2.Ca.2H/c3-2(4,5)1(6)7;;;/h(H,6,7);;;. The Balaban J connectivity index is 0. The summed E-state index contributed by atoms with van der Waals surface area (Å²) in [7, 11) is 0. The van der Waals surface area contributed by atoms with E-state index in [2.05, 4.69) is 0 Å². The zero-order valence-electron chi connectivity index (χ0n) is 2.99. The molecule has 0 rings (SSSR count). The average Bonchev–Trinajstić information content (AvgIpc) is 1.31. The number of hydrogen-bond acceptors (Lipinski definition) is 1. The number of hydrogen-bond donors (Lipinski definition) is 1. The first-order chi connectivity index (χ1) is 2.94. The third kappa shape index (κ3) is 5.46. The molecule has 0 aromatic carbocycles. The fourth-order valence-corrected chi connectivity index (χ4v) is 0. The summed E-state index contributed by atoms with van der Waals surface area (Å²) in [6.07, 6.45) is 0. The van der Waals surface area contributed by atoms with E-state index in [0.29, 0.717) is 22.6 Å². The predicted molar refractivity (Wildman–Crippen MR) is 35.1 cm³/mol. The second kappa shape index (κ2) is 4.19. The zero-order chi connectivity index (χ0) is 6.08. The fourth-order valence-electron chi connectivity index (χ4n) is 0. The van der Waals surface area contributed by atoms with Crippen molar-refractivity contribution in [2.75, 3.05) is 0 Å². The van der Waals surface area contributed by atoms with Gasteiger partial charge in [-0.25, -0.2) is 4.79 Å². The molecule has 0 bridgehead atoms. The number of rotatable bonds is 1. The first-order valence-electron chi connectivity index (χ1n) is 1.24. The summed E-state index contributed by atoms with van der Waals surface area (Å²) >= 11 is 0.534. The van der Waals surface area contributed by atoms with E-state index in [4.69, 9.17) is 5.11 Å². The SMILES string of the molecule is O=C(O)C(F)(F)I.[CaH2]. The van der Waals surface area contributed by atoms with Gasteiger partial charge in [0.15, 0.2) is 0 Å². The van der Waals surface area contributed by atoms with Gasteiger partial charge in [0.25, 0.3) is 0 Å². The van der Waals surface area contributed by atoms with Gasteiger partial charge < -0.3 is 5.11 Å². The van der Waals surface area contributed by atoms with Crippen LogP contribution in [0.5, 0.6) is 0 Å². The molecular formula is C2H3CaF2IO2. The number of halogens is 3. The van der Waals surface area contributed by atoms with Crippen LogP contribution >= 0.6 is 22.6 Å². The third-order valence-electron chi connectivity index (χ3n) is 0.243. The normalized spacial score (nSPS) is 9.88. The van der Waals surface area contributed by atoms with Crippen LogP contribution in [0.3, 0.4) is 0 Å². The summed E-state index contributed by atoms with van der Waals surface area (Å²) in [5, 5.41) is 7.49. The molecule has 0 heterocycles. The van der Waals surface area contributed by atoms with Gasteiger partial charge in [0.2, 0.25) is 0 Å². The Morgan fingerprint density at radius 2 is 1.75 bits per heavy atom. The first-order valence-corrected chi connectivity index (χ1v) is 2.32. The van der Waals surface area contributed by atoms with Gasteiger partial charge in [-0.15, -0.1) is 0 Å². The minimum absolute atomic E-state index is 0. The van der Waals surface area contributed by atoms with Crippen molar-refractivity contribution in [2.45, 2.75) is 3.93 Å². The molecule has 46 valence electrons. The van der Waals surface area contributed by atoms with Gasteiger partial charge in [-0.1, -0.05) is 0 Å². The van der Waals surface area contributed by atoms with Crippen LogP contribution in [0.1, 0.15) is 0 Å². The van der Waals surface area contributed by atoms with E-state index in [-0.39, 0.29) is 37.7 Å². The van der Waals surface area contributed by atoms with E-state index in [1.54, 1.807) is 0 Å². The Hall–Kier alpha value is 1.32. The molecule has 6 heteroatoms. The Labute approximate surface area is 87.8 Å².